The number of carbonyl (C=O) groups is 2. The number of amides is 1. The number of aryl methyl sites for hydroxylation is 1. The predicted molar refractivity (Wildman–Crippen MR) is 122 cm³/mol. The zero-order valence-electron chi connectivity index (χ0n) is 18.0. The maximum Gasteiger partial charge on any atom is 0.339 e. The van der Waals surface area contributed by atoms with Crippen molar-refractivity contribution in [3.63, 3.8) is 0 Å². The first-order valence-corrected chi connectivity index (χ1v) is 11.3. The van der Waals surface area contributed by atoms with Crippen molar-refractivity contribution in [2.24, 2.45) is 0 Å². The van der Waals surface area contributed by atoms with Gasteiger partial charge in [0.15, 0.2) is 0 Å². The standard InChI is InChI=1S/C24H24N2O5S/c1-17-9-13-20(14-10-17)25-32(29,30)21-15-11-19(12-16-21)24(28)31-22(23(27)26(2)3)18-7-5-4-6-8-18/h4-16,22,25H,1-3H3. The van der Waals surface area contributed by atoms with Crippen LogP contribution in [0, 0.1) is 6.92 Å². The lowest BCUT2D eigenvalue weighted by molar-refractivity contribution is -0.138. The lowest BCUT2D eigenvalue weighted by Crippen LogP contribution is -2.31. The highest BCUT2D eigenvalue weighted by atomic mass is 32.2. The second-order valence-corrected chi connectivity index (χ2v) is 9.11. The summed E-state index contributed by atoms with van der Waals surface area (Å²) in [6.45, 7) is 1.91. The summed E-state index contributed by atoms with van der Waals surface area (Å²) in [6, 6.07) is 21.0. The van der Waals surface area contributed by atoms with E-state index in [-0.39, 0.29) is 16.4 Å². The van der Waals surface area contributed by atoms with Crippen LogP contribution >= 0.6 is 0 Å². The summed E-state index contributed by atoms with van der Waals surface area (Å²) in [5.41, 5.74) is 2.12. The van der Waals surface area contributed by atoms with Gasteiger partial charge in [0.2, 0.25) is 6.10 Å². The summed E-state index contributed by atoms with van der Waals surface area (Å²) in [5, 5.41) is 0. The second-order valence-electron chi connectivity index (χ2n) is 7.42. The summed E-state index contributed by atoms with van der Waals surface area (Å²) < 4.78 is 33.2. The van der Waals surface area contributed by atoms with Gasteiger partial charge in [-0.15, -0.1) is 0 Å². The Kier molecular flexibility index (Phi) is 6.95. The fraction of sp³-hybridized carbons (Fsp3) is 0.167. The van der Waals surface area contributed by atoms with Gasteiger partial charge in [0.05, 0.1) is 10.5 Å². The third-order valence-electron chi connectivity index (χ3n) is 4.70. The molecule has 3 rings (SSSR count). The predicted octanol–water partition coefficient (Wildman–Crippen LogP) is 3.78. The Balaban J connectivity index is 1.77. The van der Waals surface area contributed by atoms with Crippen molar-refractivity contribution in [1.82, 2.24) is 4.90 Å². The molecule has 0 aliphatic rings. The molecule has 32 heavy (non-hydrogen) atoms. The van der Waals surface area contributed by atoms with E-state index >= 15 is 0 Å². The van der Waals surface area contributed by atoms with E-state index in [1.54, 1.807) is 68.7 Å². The SMILES string of the molecule is Cc1ccc(NS(=O)(=O)c2ccc(C(=O)OC(C(=O)N(C)C)c3ccccc3)cc2)cc1. The Hall–Kier alpha value is -3.65. The van der Waals surface area contributed by atoms with Crippen LogP contribution in [0.25, 0.3) is 0 Å². The summed E-state index contributed by atoms with van der Waals surface area (Å²) in [5.74, 6) is -1.12. The van der Waals surface area contributed by atoms with E-state index in [9.17, 15) is 18.0 Å². The van der Waals surface area contributed by atoms with Gasteiger partial charge in [0.25, 0.3) is 15.9 Å². The van der Waals surface area contributed by atoms with Gasteiger partial charge in [-0.25, -0.2) is 13.2 Å². The van der Waals surface area contributed by atoms with Gasteiger partial charge in [0, 0.05) is 25.3 Å². The molecule has 0 heterocycles. The zero-order valence-corrected chi connectivity index (χ0v) is 18.8. The highest BCUT2D eigenvalue weighted by molar-refractivity contribution is 7.92. The maximum absolute atomic E-state index is 12.7. The number of nitrogens with zero attached hydrogens (tertiary/aromatic N) is 1. The van der Waals surface area contributed by atoms with Gasteiger partial charge in [-0.3, -0.25) is 9.52 Å². The highest BCUT2D eigenvalue weighted by Crippen LogP contribution is 2.22. The quantitative estimate of drug-likeness (QED) is 0.551. The zero-order chi connectivity index (χ0) is 23.3. The first-order valence-electron chi connectivity index (χ1n) is 9.84. The topological polar surface area (TPSA) is 92.8 Å². The Morgan fingerprint density at radius 1 is 0.875 bits per heavy atom. The number of likely N-dealkylation sites (N-methyl/N-ethyl adjacent to an activating group) is 1. The number of sulfonamides is 1. The van der Waals surface area contributed by atoms with E-state index in [2.05, 4.69) is 4.72 Å². The Labute approximate surface area is 187 Å². The van der Waals surface area contributed by atoms with Gasteiger partial charge >= 0.3 is 5.97 Å². The number of hydrogen-bond acceptors (Lipinski definition) is 5. The molecule has 3 aromatic carbocycles. The van der Waals surface area contributed by atoms with Crippen LogP contribution in [0.15, 0.2) is 83.8 Å². The largest absolute Gasteiger partial charge is 0.444 e. The highest BCUT2D eigenvalue weighted by Gasteiger charge is 2.27. The average molecular weight is 453 g/mol. The number of hydrogen-bond donors (Lipinski definition) is 1. The van der Waals surface area contributed by atoms with Crippen molar-refractivity contribution in [1.29, 1.82) is 0 Å². The number of carbonyl (C=O) groups excluding carboxylic acids is 2. The molecule has 166 valence electrons. The molecule has 0 fully saturated rings. The maximum atomic E-state index is 12.7. The van der Waals surface area contributed by atoms with Crippen LogP contribution in [0.5, 0.6) is 0 Å². The second kappa shape index (κ2) is 9.65. The average Bonchev–Trinajstić information content (AvgIpc) is 2.79. The van der Waals surface area contributed by atoms with Crippen LogP contribution in [0.4, 0.5) is 5.69 Å². The number of nitrogens with one attached hydrogen (secondary N) is 1. The van der Waals surface area contributed by atoms with E-state index in [0.717, 1.165) is 5.56 Å². The molecule has 1 unspecified atom stereocenters. The third kappa shape index (κ3) is 5.53. The molecule has 0 aromatic heterocycles. The fourth-order valence-corrected chi connectivity index (χ4v) is 3.96. The van der Waals surface area contributed by atoms with E-state index in [0.29, 0.717) is 11.3 Å². The Morgan fingerprint density at radius 3 is 2.03 bits per heavy atom. The first-order chi connectivity index (χ1) is 15.2. The van der Waals surface area contributed by atoms with Crippen LogP contribution in [0.2, 0.25) is 0 Å². The molecule has 0 spiro atoms. The molecule has 1 N–H and O–H groups in total. The smallest absolute Gasteiger partial charge is 0.339 e. The van der Waals surface area contributed by atoms with Gasteiger partial charge in [-0.05, 0) is 43.3 Å². The molecule has 1 amide bonds. The Bertz CT molecular complexity index is 1190. The molecule has 8 heteroatoms. The van der Waals surface area contributed by atoms with Crippen molar-refractivity contribution in [2.75, 3.05) is 18.8 Å². The van der Waals surface area contributed by atoms with Crippen molar-refractivity contribution in [3.05, 3.63) is 95.6 Å². The first kappa shape index (κ1) is 23.0. The minimum absolute atomic E-state index is 0.00129. The molecule has 0 aliphatic carbocycles. The summed E-state index contributed by atoms with van der Waals surface area (Å²) in [7, 11) is -0.670. The van der Waals surface area contributed by atoms with Crippen LogP contribution in [-0.4, -0.2) is 39.3 Å². The molecule has 1 atom stereocenters. The van der Waals surface area contributed by atoms with Crippen molar-refractivity contribution in [2.45, 2.75) is 17.9 Å². The number of esters is 1. The van der Waals surface area contributed by atoms with E-state index in [1.807, 2.05) is 6.92 Å². The lowest BCUT2D eigenvalue weighted by Gasteiger charge is -2.21. The molecule has 0 radical (unpaired) electrons. The number of ether oxygens (including phenoxy) is 1. The molecule has 0 saturated carbocycles. The van der Waals surface area contributed by atoms with E-state index in [4.69, 9.17) is 4.74 Å². The van der Waals surface area contributed by atoms with Crippen LogP contribution in [0.3, 0.4) is 0 Å². The molecular weight excluding hydrogens is 428 g/mol. The molecule has 0 aliphatic heterocycles. The van der Waals surface area contributed by atoms with Gasteiger partial charge < -0.3 is 9.64 Å². The fourth-order valence-electron chi connectivity index (χ4n) is 2.90. The summed E-state index contributed by atoms with van der Waals surface area (Å²) >= 11 is 0. The Morgan fingerprint density at radius 2 is 1.47 bits per heavy atom. The molecule has 3 aromatic rings. The molecular formula is C24H24N2O5S. The van der Waals surface area contributed by atoms with Crippen molar-refractivity contribution < 1.29 is 22.7 Å². The van der Waals surface area contributed by atoms with Crippen LogP contribution in [-0.2, 0) is 19.6 Å². The van der Waals surface area contributed by atoms with E-state index < -0.39 is 22.1 Å². The summed E-state index contributed by atoms with van der Waals surface area (Å²) in [6.07, 6.45) is -1.11. The molecule has 0 saturated heterocycles. The lowest BCUT2D eigenvalue weighted by atomic mass is 10.1. The van der Waals surface area contributed by atoms with Gasteiger partial charge in [-0.1, -0.05) is 48.0 Å². The van der Waals surface area contributed by atoms with Crippen molar-refractivity contribution in [3.8, 4) is 0 Å². The number of anilines is 1. The minimum Gasteiger partial charge on any atom is -0.444 e. The van der Waals surface area contributed by atoms with E-state index in [1.165, 1.54) is 29.2 Å². The van der Waals surface area contributed by atoms with Gasteiger partial charge in [-0.2, -0.15) is 0 Å². The monoisotopic (exact) mass is 452 g/mol. The number of benzene rings is 3. The normalized spacial score (nSPS) is 12.0. The third-order valence-corrected chi connectivity index (χ3v) is 6.09. The van der Waals surface area contributed by atoms with Crippen LogP contribution in [0.1, 0.15) is 27.6 Å². The summed E-state index contributed by atoms with van der Waals surface area (Å²) in [4.78, 5) is 26.6. The molecule has 0 bridgehead atoms. The van der Waals surface area contributed by atoms with Gasteiger partial charge in [0.1, 0.15) is 0 Å². The van der Waals surface area contributed by atoms with Crippen molar-refractivity contribution >= 4 is 27.6 Å². The molecule has 7 nitrogen and oxygen atoms in total. The minimum atomic E-state index is -3.82. The number of rotatable bonds is 7. The van der Waals surface area contributed by atoms with Crippen LogP contribution < -0.4 is 4.72 Å².